The van der Waals surface area contributed by atoms with E-state index in [1.807, 2.05) is 20.8 Å². The van der Waals surface area contributed by atoms with Crippen LogP contribution >= 0.6 is 22.9 Å². The Morgan fingerprint density at radius 1 is 1.24 bits per heavy atom. The summed E-state index contributed by atoms with van der Waals surface area (Å²) in [5, 5.41) is 11.0. The van der Waals surface area contributed by atoms with Crippen molar-refractivity contribution in [2.45, 2.75) is 39.8 Å². The van der Waals surface area contributed by atoms with Crippen LogP contribution in [0.1, 0.15) is 47.3 Å². The number of aromatic nitrogens is 4. The number of nitrogen functional groups attached to an aromatic ring is 1. The van der Waals surface area contributed by atoms with Crippen molar-refractivity contribution >= 4 is 39.7 Å². The second-order valence-corrected chi connectivity index (χ2v) is 10.4. The van der Waals surface area contributed by atoms with Crippen LogP contribution in [0.15, 0.2) is 42.7 Å². The molecule has 4 aromatic rings. The van der Waals surface area contributed by atoms with Crippen molar-refractivity contribution in [1.82, 2.24) is 20.0 Å². The Morgan fingerprint density at radius 3 is 2.65 bits per heavy atom. The number of alkyl halides is 3. The first kappa shape index (κ1) is 26.6. The van der Waals surface area contributed by atoms with Gasteiger partial charge in [0.25, 0.3) is 5.91 Å². The Balaban J connectivity index is 1.63. The highest BCUT2D eigenvalue weighted by Gasteiger charge is 2.35. The maximum Gasteiger partial charge on any atom is 0.417 e. The molecule has 2 aromatic heterocycles. The molecule has 0 spiro atoms. The standard InChI is InChI=1S/C25H24ClF3N6OS/c1-13(2)4-6-15-8-17(10-18(22(15)26)25(27,28)29)32-23(36)16-7-5-14(3)20(9-16)35-12-19(33-34-35)21-11-31-24(30)37-21/h5,7-13H,4,6H2,1-3H3,(H2,30,31)(H,32,36). The van der Waals surface area contributed by atoms with Crippen LogP contribution in [-0.2, 0) is 12.6 Å². The number of hydrogen-bond acceptors (Lipinski definition) is 6. The number of halogens is 4. The topological polar surface area (TPSA) is 98.7 Å². The molecule has 2 heterocycles. The molecule has 0 bridgehead atoms. The minimum absolute atomic E-state index is 0.0217. The number of amides is 1. The summed E-state index contributed by atoms with van der Waals surface area (Å²) in [5.74, 6) is -0.289. The van der Waals surface area contributed by atoms with Gasteiger partial charge in [0.05, 0.1) is 27.3 Å². The second kappa shape index (κ2) is 10.5. The third-order valence-corrected chi connectivity index (χ3v) is 6.99. The quantitative estimate of drug-likeness (QED) is 0.265. The number of thiazole rings is 1. The molecule has 0 fully saturated rings. The van der Waals surface area contributed by atoms with Crippen molar-refractivity contribution in [3.05, 3.63) is 70.0 Å². The summed E-state index contributed by atoms with van der Waals surface area (Å²) in [6, 6.07) is 7.28. The van der Waals surface area contributed by atoms with E-state index < -0.39 is 17.6 Å². The van der Waals surface area contributed by atoms with Gasteiger partial charge in [-0.05, 0) is 61.1 Å². The van der Waals surface area contributed by atoms with Gasteiger partial charge in [-0.1, -0.05) is 48.1 Å². The molecule has 0 radical (unpaired) electrons. The number of rotatable bonds is 7. The van der Waals surface area contributed by atoms with Gasteiger partial charge in [0, 0.05) is 17.4 Å². The Morgan fingerprint density at radius 2 is 2.00 bits per heavy atom. The maximum absolute atomic E-state index is 13.7. The third kappa shape index (κ3) is 6.11. The van der Waals surface area contributed by atoms with Crippen molar-refractivity contribution in [3.8, 4) is 16.3 Å². The lowest BCUT2D eigenvalue weighted by Gasteiger charge is -2.17. The molecule has 1 amide bonds. The van der Waals surface area contributed by atoms with E-state index in [4.69, 9.17) is 17.3 Å². The molecule has 2 aromatic carbocycles. The highest BCUT2D eigenvalue weighted by atomic mass is 35.5. The average molecular weight is 549 g/mol. The first-order valence-electron chi connectivity index (χ1n) is 11.4. The van der Waals surface area contributed by atoms with Crippen LogP contribution in [-0.4, -0.2) is 25.9 Å². The Hall–Kier alpha value is -3.44. The molecule has 0 saturated carbocycles. The van der Waals surface area contributed by atoms with E-state index >= 15 is 0 Å². The Labute approximate surface area is 220 Å². The van der Waals surface area contributed by atoms with Gasteiger partial charge < -0.3 is 11.1 Å². The van der Waals surface area contributed by atoms with Gasteiger partial charge in [-0.2, -0.15) is 13.2 Å². The number of carbonyl (C=O) groups is 1. The van der Waals surface area contributed by atoms with Crippen molar-refractivity contribution < 1.29 is 18.0 Å². The Kier molecular flexibility index (Phi) is 7.56. The van der Waals surface area contributed by atoms with E-state index in [0.717, 1.165) is 16.5 Å². The molecular formula is C25H24ClF3N6OS. The molecule has 0 saturated heterocycles. The summed E-state index contributed by atoms with van der Waals surface area (Å²) >= 11 is 7.37. The fourth-order valence-corrected chi connectivity index (χ4v) is 4.64. The largest absolute Gasteiger partial charge is 0.417 e. The summed E-state index contributed by atoms with van der Waals surface area (Å²) in [5.41, 5.74) is 7.29. The predicted octanol–water partition coefficient (Wildman–Crippen LogP) is 6.79. The molecule has 7 nitrogen and oxygen atoms in total. The number of benzene rings is 2. The number of nitrogens with one attached hydrogen (secondary N) is 1. The molecule has 0 aliphatic heterocycles. The zero-order chi connectivity index (χ0) is 26.9. The molecule has 37 heavy (non-hydrogen) atoms. The number of anilines is 2. The summed E-state index contributed by atoms with van der Waals surface area (Å²) in [6.07, 6.45) is -0.356. The first-order valence-corrected chi connectivity index (χ1v) is 12.6. The predicted molar refractivity (Wildman–Crippen MR) is 139 cm³/mol. The Bertz CT molecular complexity index is 1450. The van der Waals surface area contributed by atoms with E-state index in [2.05, 4.69) is 20.6 Å². The summed E-state index contributed by atoms with van der Waals surface area (Å²) in [4.78, 5) is 17.8. The lowest BCUT2D eigenvalue weighted by atomic mass is 9.99. The fourth-order valence-electron chi connectivity index (χ4n) is 3.69. The maximum atomic E-state index is 13.7. The van der Waals surface area contributed by atoms with Gasteiger partial charge >= 0.3 is 6.18 Å². The number of aryl methyl sites for hydroxylation is 2. The van der Waals surface area contributed by atoms with Gasteiger partial charge in [-0.15, -0.1) is 5.10 Å². The molecule has 0 aliphatic rings. The van der Waals surface area contributed by atoms with E-state index in [-0.39, 0.29) is 22.2 Å². The van der Waals surface area contributed by atoms with Crippen LogP contribution in [0, 0.1) is 12.8 Å². The minimum Gasteiger partial charge on any atom is -0.375 e. The highest BCUT2D eigenvalue weighted by Crippen LogP contribution is 2.39. The first-order chi connectivity index (χ1) is 17.4. The number of hydrogen-bond donors (Lipinski definition) is 2. The van der Waals surface area contributed by atoms with Crippen LogP contribution in [0.2, 0.25) is 5.02 Å². The SMILES string of the molecule is Cc1ccc(C(=O)Nc2cc(CCC(C)C)c(Cl)c(C(F)(F)F)c2)cc1-n1cc(-c2cnc(N)s2)nn1. The van der Waals surface area contributed by atoms with Gasteiger partial charge in [0.15, 0.2) is 5.13 Å². The van der Waals surface area contributed by atoms with Gasteiger partial charge in [0.1, 0.15) is 5.69 Å². The number of nitrogens with zero attached hydrogens (tertiary/aromatic N) is 4. The van der Waals surface area contributed by atoms with E-state index in [9.17, 15) is 18.0 Å². The average Bonchev–Trinajstić information content (AvgIpc) is 3.47. The highest BCUT2D eigenvalue weighted by molar-refractivity contribution is 7.18. The van der Waals surface area contributed by atoms with E-state index in [1.54, 1.807) is 30.6 Å². The second-order valence-electron chi connectivity index (χ2n) is 8.99. The lowest BCUT2D eigenvalue weighted by Crippen LogP contribution is -2.15. The zero-order valence-electron chi connectivity index (χ0n) is 20.2. The van der Waals surface area contributed by atoms with Crippen molar-refractivity contribution in [1.29, 1.82) is 0 Å². The summed E-state index contributed by atoms with van der Waals surface area (Å²) < 4.78 is 42.5. The van der Waals surface area contributed by atoms with Gasteiger partial charge in [0.2, 0.25) is 0 Å². The molecule has 0 unspecified atom stereocenters. The fraction of sp³-hybridized carbons (Fsp3) is 0.280. The van der Waals surface area contributed by atoms with E-state index in [0.29, 0.717) is 34.9 Å². The van der Waals surface area contributed by atoms with Crippen LogP contribution in [0.3, 0.4) is 0 Å². The van der Waals surface area contributed by atoms with Crippen molar-refractivity contribution in [3.63, 3.8) is 0 Å². The molecule has 4 rings (SSSR count). The summed E-state index contributed by atoms with van der Waals surface area (Å²) in [7, 11) is 0. The van der Waals surface area contributed by atoms with Crippen LogP contribution in [0.4, 0.5) is 24.0 Å². The monoisotopic (exact) mass is 548 g/mol. The zero-order valence-corrected chi connectivity index (χ0v) is 21.8. The molecule has 12 heteroatoms. The van der Waals surface area contributed by atoms with E-state index in [1.165, 1.54) is 22.1 Å². The van der Waals surface area contributed by atoms with Crippen molar-refractivity contribution in [2.75, 3.05) is 11.1 Å². The molecule has 3 N–H and O–H groups in total. The molecule has 194 valence electrons. The van der Waals surface area contributed by atoms with Gasteiger partial charge in [-0.3, -0.25) is 4.79 Å². The molecular weight excluding hydrogens is 525 g/mol. The third-order valence-electron chi connectivity index (χ3n) is 5.69. The number of carbonyl (C=O) groups excluding carboxylic acids is 1. The number of nitrogens with two attached hydrogens (primary N) is 1. The van der Waals surface area contributed by atoms with Gasteiger partial charge in [-0.25, -0.2) is 9.67 Å². The summed E-state index contributed by atoms with van der Waals surface area (Å²) in [6.45, 7) is 5.80. The molecule has 0 aliphatic carbocycles. The normalized spacial score (nSPS) is 11.8. The molecule has 0 atom stereocenters. The smallest absolute Gasteiger partial charge is 0.375 e. The lowest BCUT2D eigenvalue weighted by molar-refractivity contribution is -0.137. The van der Waals surface area contributed by atoms with Crippen molar-refractivity contribution in [2.24, 2.45) is 5.92 Å². The van der Waals surface area contributed by atoms with Crippen LogP contribution in [0.25, 0.3) is 16.3 Å². The van der Waals surface area contributed by atoms with Crippen LogP contribution in [0.5, 0.6) is 0 Å². The minimum atomic E-state index is -4.66. The van der Waals surface area contributed by atoms with Crippen LogP contribution < -0.4 is 11.1 Å².